The first-order valence-corrected chi connectivity index (χ1v) is 9.23. The average molecular weight is 363 g/mol. The van der Waals surface area contributed by atoms with Crippen LogP contribution in [0.5, 0.6) is 5.75 Å². The van der Waals surface area contributed by atoms with Crippen molar-refractivity contribution in [2.75, 3.05) is 13.7 Å². The summed E-state index contributed by atoms with van der Waals surface area (Å²) in [6, 6.07) is 15.7. The van der Waals surface area contributed by atoms with Crippen molar-refractivity contribution in [1.29, 1.82) is 0 Å². The van der Waals surface area contributed by atoms with Crippen LogP contribution in [0.1, 0.15) is 29.3 Å². The van der Waals surface area contributed by atoms with Crippen LogP contribution in [0.2, 0.25) is 0 Å². The molecule has 0 unspecified atom stereocenters. The molecule has 3 aromatic rings. The van der Waals surface area contributed by atoms with Gasteiger partial charge in [-0.2, -0.15) is 5.10 Å². The lowest BCUT2D eigenvalue weighted by Crippen LogP contribution is -2.24. The standard InChI is InChI=1S/C22H25N3O2/c1-3-25-16-20(15-24-25)18-9-11-19(12-10-18)22(26)23-13-5-7-17-6-4-8-21(14-17)27-2/h4,6,8-12,14-16H,3,5,7,13H2,1-2H3,(H,23,26). The number of amides is 1. The fourth-order valence-corrected chi connectivity index (χ4v) is 2.92. The molecule has 0 aliphatic carbocycles. The van der Waals surface area contributed by atoms with Gasteiger partial charge in [0.15, 0.2) is 0 Å². The summed E-state index contributed by atoms with van der Waals surface area (Å²) in [4.78, 5) is 12.3. The van der Waals surface area contributed by atoms with E-state index >= 15 is 0 Å². The predicted octanol–water partition coefficient (Wildman–Crippen LogP) is 3.94. The van der Waals surface area contributed by atoms with Gasteiger partial charge in [-0.05, 0) is 55.2 Å². The predicted molar refractivity (Wildman–Crippen MR) is 107 cm³/mol. The van der Waals surface area contributed by atoms with Crippen LogP contribution in [0.3, 0.4) is 0 Å². The summed E-state index contributed by atoms with van der Waals surface area (Å²) in [6.07, 6.45) is 5.63. The van der Waals surface area contributed by atoms with Gasteiger partial charge in [-0.3, -0.25) is 9.48 Å². The number of aromatic nitrogens is 2. The van der Waals surface area contributed by atoms with E-state index in [1.165, 1.54) is 5.56 Å². The molecular weight excluding hydrogens is 338 g/mol. The molecule has 5 nitrogen and oxygen atoms in total. The molecule has 27 heavy (non-hydrogen) atoms. The molecule has 0 spiro atoms. The molecule has 1 heterocycles. The van der Waals surface area contributed by atoms with Crippen LogP contribution in [0, 0.1) is 0 Å². The molecule has 0 atom stereocenters. The molecule has 0 aliphatic rings. The molecule has 5 heteroatoms. The van der Waals surface area contributed by atoms with E-state index in [1.807, 2.05) is 59.5 Å². The molecule has 0 radical (unpaired) electrons. The first kappa shape index (κ1) is 18.7. The molecule has 0 fully saturated rings. The Bertz CT molecular complexity index is 885. The lowest BCUT2D eigenvalue weighted by molar-refractivity contribution is 0.0953. The molecule has 140 valence electrons. The van der Waals surface area contributed by atoms with Gasteiger partial charge < -0.3 is 10.1 Å². The summed E-state index contributed by atoms with van der Waals surface area (Å²) < 4.78 is 7.12. The highest BCUT2D eigenvalue weighted by molar-refractivity contribution is 5.94. The molecule has 0 bridgehead atoms. The Labute approximate surface area is 160 Å². The number of carbonyl (C=O) groups is 1. The van der Waals surface area contributed by atoms with Crippen molar-refractivity contribution in [1.82, 2.24) is 15.1 Å². The second-order valence-corrected chi connectivity index (χ2v) is 6.37. The van der Waals surface area contributed by atoms with E-state index in [4.69, 9.17) is 4.74 Å². The van der Waals surface area contributed by atoms with E-state index in [1.54, 1.807) is 7.11 Å². The van der Waals surface area contributed by atoms with Gasteiger partial charge in [-0.25, -0.2) is 0 Å². The zero-order chi connectivity index (χ0) is 19.1. The number of ether oxygens (including phenoxy) is 1. The number of hydrogen-bond acceptors (Lipinski definition) is 3. The third-order valence-electron chi connectivity index (χ3n) is 4.50. The van der Waals surface area contributed by atoms with Gasteiger partial charge >= 0.3 is 0 Å². The quantitative estimate of drug-likeness (QED) is 0.617. The Morgan fingerprint density at radius 1 is 1.15 bits per heavy atom. The second kappa shape index (κ2) is 9.03. The molecule has 1 aromatic heterocycles. The number of nitrogens with one attached hydrogen (secondary N) is 1. The number of nitrogens with zero attached hydrogens (tertiary/aromatic N) is 2. The zero-order valence-electron chi connectivity index (χ0n) is 15.8. The van der Waals surface area contributed by atoms with Crippen LogP contribution in [0.25, 0.3) is 11.1 Å². The summed E-state index contributed by atoms with van der Waals surface area (Å²) >= 11 is 0. The Kier molecular flexibility index (Phi) is 6.26. The van der Waals surface area contributed by atoms with E-state index in [9.17, 15) is 4.79 Å². The second-order valence-electron chi connectivity index (χ2n) is 6.37. The fourth-order valence-electron chi connectivity index (χ4n) is 2.92. The minimum absolute atomic E-state index is 0.0450. The maximum atomic E-state index is 12.3. The molecule has 1 amide bonds. The molecular formula is C22H25N3O2. The average Bonchev–Trinajstić information content (AvgIpc) is 3.20. The van der Waals surface area contributed by atoms with Gasteiger partial charge in [-0.1, -0.05) is 24.3 Å². The maximum Gasteiger partial charge on any atom is 0.251 e. The Hall–Kier alpha value is -3.08. The number of carbonyl (C=O) groups excluding carboxylic acids is 1. The Morgan fingerprint density at radius 3 is 2.67 bits per heavy atom. The lowest BCUT2D eigenvalue weighted by atomic mass is 10.1. The third-order valence-corrected chi connectivity index (χ3v) is 4.50. The summed E-state index contributed by atoms with van der Waals surface area (Å²) in [7, 11) is 1.67. The normalized spacial score (nSPS) is 10.6. The van der Waals surface area contributed by atoms with E-state index in [-0.39, 0.29) is 5.91 Å². The monoisotopic (exact) mass is 363 g/mol. The van der Waals surface area contributed by atoms with Crippen molar-refractivity contribution in [3.63, 3.8) is 0 Å². The number of rotatable bonds is 8. The topological polar surface area (TPSA) is 56.2 Å². The van der Waals surface area contributed by atoms with E-state index in [2.05, 4.69) is 23.4 Å². The van der Waals surface area contributed by atoms with E-state index < -0.39 is 0 Å². The first-order chi connectivity index (χ1) is 13.2. The van der Waals surface area contributed by atoms with Crippen LogP contribution < -0.4 is 10.1 Å². The van der Waals surface area contributed by atoms with Crippen LogP contribution >= 0.6 is 0 Å². The maximum absolute atomic E-state index is 12.3. The minimum Gasteiger partial charge on any atom is -0.497 e. The highest BCUT2D eigenvalue weighted by Crippen LogP contribution is 2.19. The molecule has 0 aliphatic heterocycles. The smallest absolute Gasteiger partial charge is 0.251 e. The summed E-state index contributed by atoms with van der Waals surface area (Å²) in [5, 5.41) is 7.27. The highest BCUT2D eigenvalue weighted by atomic mass is 16.5. The molecule has 0 saturated carbocycles. The third kappa shape index (κ3) is 4.97. The number of hydrogen-bond donors (Lipinski definition) is 1. The SMILES string of the molecule is CCn1cc(-c2ccc(C(=O)NCCCc3cccc(OC)c3)cc2)cn1. The van der Waals surface area contributed by atoms with Crippen LogP contribution in [0.4, 0.5) is 0 Å². The number of aryl methyl sites for hydroxylation is 2. The highest BCUT2D eigenvalue weighted by Gasteiger charge is 2.07. The Morgan fingerprint density at radius 2 is 1.96 bits per heavy atom. The first-order valence-electron chi connectivity index (χ1n) is 9.23. The van der Waals surface area contributed by atoms with E-state index in [0.717, 1.165) is 36.3 Å². The molecule has 0 saturated heterocycles. The van der Waals surface area contributed by atoms with E-state index in [0.29, 0.717) is 12.1 Å². The largest absolute Gasteiger partial charge is 0.497 e. The number of methoxy groups -OCH3 is 1. The van der Waals surface area contributed by atoms with Crippen molar-refractivity contribution in [2.45, 2.75) is 26.3 Å². The van der Waals surface area contributed by atoms with Gasteiger partial charge in [0.1, 0.15) is 5.75 Å². The Balaban J connectivity index is 1.49. The van der Waals surface area contributed by atoms with Gasteiger partial charge in [0.25, 0.3) is 5.91 Å². The van der Waals surface area contributed by atoms with Crippen LogP contribution in [-0.2, 0) is 13.0 Å². The van der Waals surface area contributed by atoms with Gasteiger partial charge in [-0.15, -0.1) is 0 Å². The molecule has 3 rings (SSSR count). The van der Waals surface area contributed by atoms with Crippen LogP contribution in [-0.4, -0.2) is 29.3 Å². The van der Waals surface area contributed by atoms with Crippen molar-refractivity contribution in [3.8, 4) is 16.9 Å². The lowest BCUT2D eigenvalue weighted by Gasteiger charge is -2.07. The molecule has 1 N–H and O–H groups in total. The number of benzene rings is 2. The van der Waals surface area contributed by atoms with Crippen molar-refractivity contribution < 1.29 is 9.53 Å². The van der Waals surface area contributed by atoms with Gasteiger partial charge in [0.2, 0.25) is 0 Å². The van der Waals surface area contributed by atoms with Gasteiger partial charge in [0, 0.05) is 30.4 Å². The summed E-state index contributed by atoms with van der Waals surface area (Å²) in [5.74, 6) is 0.817. The van der Waals surface area contributed by atoms with Crippen LogP contribution in [0.15, 0.2) is 60.9 Å². The summed E-state index contributed by atoms with van der Waals surface area (Å²) in [5.41, 5.74) is 4.00. The zero-order valence-corrected chi connectivity index (χ0v) is 15.8. The minimum atomic E-state index is -0.0450. The van der Waals surface area contributed by atoms with Crippen molar-refractivity contribution >= 4 is 5.91 Å². The van der Waals surface area contributed by atoms with Gasteiger partial charge in [0.05, 0.1) is 13.3 Å². The summed E-state index contributed by atoms with van der Waals surface area (Å²) in [6.45, 7) is 3.54. The fraction of sp³-hybridized carbons (Fsp3) is 0.273. The molecule has 2 aromatic carbocycles. The van der Waals surface area contributed by atoms with Crippen molar-refractivity contribution in [3.05, 3.63) is 72.1 Å². The van der Waals surface area contributed by atoms with Crippen molar-refractivity contribution in [2.24, 2.45) is 0 Å².